The molecular weight excluding hydrogens is 249 g/mol. The number of rotatable bonds is 5. The molecule has 2 aromatic rings. The zero-order valence-electron chi connectivity index (χ0n) is 13.0. The smallest absolute Gasteiger partial charge is 0.214 e. The van der Waals surface area contributed by atoms with Crippen LogP contribution in [0.1, 0.15) is 32.3 Å². The van der Waals surface area contributed by atoms with Crippen LogP contribution in [0.4, 0.5) is 0 Å². The molecule has 0 aliphatic heterocycles. The molecule has 3 nitrogen and oxygen atoms in total. The van der Waals surface area contributed by atoms with Gasteiger partial charge in [-0.2, -0.15) is 0 Å². The summed E-state index contributed by atoms with van der Waals surface area (Å²) in [6.45, 7) is 9.12. The summed E-state index contributed by atoms with van der Waals surface area (Å²) in [5.74, 6) is 2.03. The SMILES string of the molecule is CBc1c(OC)ccc2c(C(C)C)cc(OCC)nc12. The van der Waals surface area contributed by atoms with Crippen LogP contribution in [0.15, 0.2) is 18.2 Å². The van der Waals surface area contributed by atoms with Crippen molar-refractivity contribution in [2.24, 2.45) is 0 Å². The van der Waals surface area contributed by atoms with Gasteiger partial charge in [0.25, 0.3) is 0 Å². The highest BCUT2D eigenvalue weighted by atomic mass is 16.5. The van der Waals surface area contributed by atoms with Gasteiger partial charge in [-0.1, -0.05) is 20.7 Å². The summed E-state index contributed by atoms with van der Waals surface area (Å²) in [6.07, 6.45) is 0. The minimum absolute atomic E-state index is 0.429. The standard InChI is InChI=1S/C16H22BNO2/c1-6-20-14-9-12(10(2)3)11-7-8-13(19-5)15(17-4)16(11)18-14/h7-10,17H,6H2,1-5H3. The lowest BCUT2D eigenvalue weighted by Crippen LogP contribution is -2.17. The van der Waals surface area contributed by atoms with Gasteiger partial charge in [-0.05, 0) is 36.0 Å². The van der Waals surface area contributed by atoms with E-state index in [2.05, 4.69) is 37.8 Å². The van der Waals surface area contributed by atoms with Crippen molar-refractivity contribution in [3.8, 4) is 11.6 Å². The van der Waals surface area contributed by atoms with Gasteiger partial charge in [-0.25, -0.2) is 4.98 Å². The van der Waals surface area contributed by atoms with E-state index in [0.29, 0.717) is 18.4 Å². The van der Waals surface area contributed by atoms with Crippen molar-refractivity contribution in [2.45, 2.75) is 33.5 Å². The molecule has 1 aromatic carbocycles. The summed E-state index contributed by atoms with van der Waals surface area (Å²) in [5.41, 5.74) is 3.42. The fourth-order valence-corrected chi connectivity index (χ4v) is 2.56. The second kappa shape index (κ2) is 6.16. The van der Waals surface area contributed by atoms with Crippen LogP contribution in [0, 0.1) is 0 Å². The summed E-state index contributed by atoms with van der Waals surface area (Å²) in [6, 6.07) is 6.20. The molecule has 20 heavy (non-hydrogen) atoms. The Hall–Kier alpha value is -1.71. The highest BCUT2D eigenvalue weighted by Gasteiger charge is 2.15. The lowest BCUT2D eigenvalue weighted by atomic mass is 9.71. The quantitative estimate of drug-likeness (QED) is 0.783. The van der Waals surface area contributed by atoms with Crippen molar-refractivity contribution in [1.29, 1.82) is 0 Å². The largest absolute Gasteiger partial charge is 0.497 e. The van der Waals surface area contributed by atoms with Gasteiger partial charge < -0.3 is 9.47 Å². The van der Waals surface area contributed by atoms with Crippen molar-refractivity contribution in [1.82, 2.24) is 4.98 Å². The van der Waals surface area contributed by atoms with Crippen molar-refractivity contribution >= 4 is 23.6 Å². The van der Waals surface area contributed by atoms with Gasteiger partial charge in [0.05, 0.1) is 19.2 Å². The predicted octanol–water partition coefficient (Wildman–Crippen LogP) is 2.88. The first-order chi connectivity index (χ1) is 9.62. The molecule has 1 heterocycles. The van der Waals surface area contributed by atoms with Gasteiger partial charge in [-0.15, -0.1) is 0 Å². The average Bonchev–Trinajstić information content (AvgIpc) is 2.45. The molecule has 0 saturated heterocycles. The monoisotopic (exact) mass is 271 g/mol. The van der Waals surface area contributed by atoms with Crippen LogP contribution >= 0.6 is 0 Å². The first-order valence-corrected chi connectivity index (χ1v) is 7.25. The van der Waals surface area contributed by atoms with Crippen molar-refractivity contribution < 1.29 is 9.47 Å². The number of hydrogen-bond acceptors (Lipinski definition) is 3. The Labute approximate surface area is 121 Å². The molecule has 0 radical (unpaired) electrons. The highest BCUT2D eigenvalue weighted by molar-refractivity contribution is 6.56. The zero-order chi connectivity index (χ0) is 14.7. The van der Waals surface area contributed by atoms with Crippen LogP contribution in [0.2, 0.25) is 6.82 Å². The second-order valence-electron chi connectivity index (χ2n) is 5.13. The van der Waals surface area contributed by atoms with E-state index in [0.717, 1.165) is 24.0 Å². The van der Waals surface area contributed by atoms with E-state index < -0.39 is 0 Å². The topological polar surface area (TPSA) is 31.4 Å². The Kier molecular flexibility index (Phi) is 4.53. The lowest BCUT2D eigenvalue weighted by Gasteiger charge is -2.16. The molecule has 0 saturated carbocycles. The predicted molar refractivity (Wildman–Crippen MR) is 86.2 cm³/mol. The van der Waals surface area contributed by atoms with E-state index in [-0.39, 0.29) is 0 Å². The number of aromatic nitrogens is 1. The van der Waals surface area contributed by atoms with E-state index in [1.165, 1.54) is 10.9 Å². The van der Waals surface area contributed by atoms with Crippen LogP contribution in [0.5, 0.6) is 11.6 Å². The molecule has 0 spiro atoms. The fraction of sp³-hybridized carbons (Fsp3) is 0.438. The van der Waals surface area contributed by atoms with Crippen LogP contribution in [-0.2, 0) is 0 Å². The van der Waals surface area contributed by atoms with Crippen LogP contribution in [0.25, 0.3) is 10.9 Å². The summed E-state index contributed by atoms with van der Waals surface area (Å²) >= 11 is 0. The number of nitrogens with zero attached hydrogens (tertiary/aromatic N) is 1. The number of fused-ring (bicyclic) bond motifs is 1. The van der Waals surface area contributed by atoms with Gasteiger partial charge in [0.15, 0.2) is 7.28 Å². The molecule has 1 aromatic heterocycles. The summed E-state index contributed by atoms with van der Waals surface area (Å²) < 4.78 is 11.1. The van der Waals surface area contributed by atoms with E-state index in [9.17, 15) is 0 Å². The van der Waals surface area contributed by atoms with E-state index in [4.69, 9.17) is 9.47 Å². The number of hydrogen-bond donors (Lipinski definition) is 0. The third-order valence-corrected chi connectivity index (χ3v) is 3.54. The Bertz CT molecular complexity index is 611. The van der Waals surface area contributed by atoms with Gasteiger partial charge in [0.1, 0.15) is 5.75 Å². The molecule has 0 amide bonds. The average molecular weight is 271 g/mol. The maximum absolute atomic E-state index is 5.63. The summed E-state index contributed by atoms with van der Waals surface area (Å²) in [7, 11) is 2.59. The van der Waals surface area contributed by atoms with Crippen LogP contribution < -0.4 is 14.9 Å². The molecule has 0 N–H and O–H groups in total. The Balaban J connectivity index is 2.78. The molecule has 0 aliphatic carbocycles. The molecular formula is C16H22BNO2. The normalized spacial score (nSPS) is 10.9. The second-order valence-corrected chi connectivity index (χ2v) is 5.13. The first-order valence-electron chi connectivity index (χ1n) is 7.25. The lowest BCUT2D eigenvalue weighted by molar-refractivity contribution is 0.327. The molecule has 106 valence electrons. The van der Waals surface area contributed by atoms with Gasteiger partial charge in [0.2, 0.25) is 5.88 Å². The van der Waals surface area contributed by atoms with Gasteiger partial charge in [-0.3, -0.25) is 0 Å². The first kappa shape index (κ1) is 14.7. The van der Waals surface area contributed by atoms with E-state index in [1.807, 2.05) is 13.0 Å². The maximum atomic E-state index is 5.63. The molecule has 0 fully saturated rings. The third-order valence-electron chi connectivity index (χ3n) is 3.54. The van der Waals surface area contributed by atoms with Crippen LogP contribution in [0.3, 0.4) is 0 Å². The molecule has 0 unspecified atom stereocenters. The van der Waals surface area contributed by atoms with Crippen molar-refractivity contribution in [3.05, 3.63) is 23.8 Å². The molecule has 0 bridgehead atoms. The third kappa shape index (κ3) is 2.60. The zero-order valence-corrected chi connectivity index (χ0v) is 13.0. The fourth-order valence-electron chi connectivity index (χ4n) is 2.56. The Morgan fingerprint density at radius 2 is 2.05 bits per heavy atom. The minimum atomic E-state index is 0.429. The van der Waals surface area contributed by atoms with E-state index in [1.54, 1.807) is 7.11 Å². The van der Waals surface area contributed by atoms with Crippen LogP contribution in [-0.4, -0.2) is 26.0 Å². The minimum Gasteiger partial charge on any atom is -0.497 e. The molecule has 0 aliphatic rings. The van der Waals surface area contributed by atoms with Gasteiger partial charge in [0, 0.05) is 11.5 Å². The summed E-state index contributed by atoms with van der Waals surface area (Å²) in [5, 5.41) is 1.20. The van der Waals surface area contributed by atoms with E-state index >= 15 is 0 Å². The highest BCUT2D eigenvalue weighted by Crippen LogP contribution is 2.29. The van der Waals surface area contributed by atoms with Gasteiger partial charge >= 0.3 is 0 Å². The molecule has 0 atom stereocenters. The molecule has 4 heteroatoms. The molecule has 2 rings (SSSR count). The number of methoxy groups -OCH3 is 1. The van der Waals surface area contributed by atoms with Crippen molar-refractivity contribution in [2.75, 3.05) is 13.7 Å². The Morgan fingerprint density at radius 3 is 2.60 bits per heavy atom. The maximum Gasteiger partial charge on any atom is 0.214 e. The number of pyridine rings is 1. The summed E-state index contributed by atoms with van der Waals surface area (Å²) in [4.78, 5) is 4.69. The van der Waals surface area contributed by atoms with Crippen molar-refractivity contribution in [3.63, 3.8) is 0 Å². The number of benzene rings is 1. The number of ether oxygens (including phenoxy) is 2. The Morgan fingerprint density at radius 1 is 1.30 bits per heavy atom.